The number of hydrogen-bond donors (Lipinski definition) is 0. The van der Waals surface area contributed by atoms with E-state index in [4.69, 9.17) is 0 Å². The van der Waals surface area contributed by atoms with E-state index in [0.717, 1.165) is 92.1 Å². The number of hydrogen-bond acceptors (Lipinski definition) is 6. The van der Waals surface area contributed by atoms with E-state index in [-0.39, 0.29) is 0 Å². The Labute approximate surface area is 410 Å². The SMILES string of the molecule is C=S1(=O)CCC(CCC(C)(C)C)CC1.CC(C)(C)CC1CCS(=O)(=O)CC1.CC(C)(C)CCC1CCCCC1.CC(C)(C)CCC1CCS(=O)(=O)C1.CC(C)(C)CCC1CCS(=O)CC1. The fourth-order valence-corrected chi connectivity index (χ4v) is 16.2. The van der Waals surface area contributed by atoms with Crippen molar-refractivity contribution >= 4 is 45.9 Å². The first-order valence-corrected chi connectivity index (χ1v) is 33.7. The lowest BCUT2D eigenvalue weighted by Crippen LogP contribution is -2.26. The van der Waals surface area contributed by atoms with Gasteiger partial charge in [-0.05, 0) is 175 Å². The Morgan fingerprint density at radius 3 is 1.08 bits per heavy atom. The summed E-state index contributed by atoms with van der Waals surface area (Å²) in [5, 5.41) is 0. The molecule has 1 aliphatic carbocycles. The van der Waals surface area contributed by atoms with E-state index in [0.29, 0.717) is 61.9 Å². The molecule has 10 heteroatoms. The van der Waals surface area contributed by atoms with Crippen LogP contribution in [-0.2, 0) is 40.0 Å². The quantitative estimate of drug-likeness (QED) is 0.213. The van der Waals surface area contributed by atoms with Crippen LogP contribution in [-0.4, -0.2) is 77.1 Å². The van der Waals surface area contributed by atoms with Gasteiger partial charge in [0.15, 0.2) is 9.84 Å². The zero-order valence-corrected chi connectivity index (χ0v) is 48.9. The lowest BCUT2D eigenvalue weighted by Gasteiger charge is -2.28. The van der Waals surface area contributed by atoms with Gasteiger partial charge in [0.05, 0.1) is 23.0 Å². The minimum Gasteiger partial charge on any atom is -0.268 e. The smallest absolute Gasteiger partial charge is 0.150 e. The molecule has 0 spiro atoms. The van der Waals surface area contributed by atoms with Crippen LogP contribution in [0.5, 0.6) is 0 Å². The summed E-state index contributed by atoms with van der Waals surface area (Å²) in [5.74, 6) is 12.9. The Morgan fingerprint density at radius 1 is 0.400 bits per heavy atom. The first-order chi connectivity index (χ1) is 29.4. The van der Waals surface area contributed by atoms with Crippen molar-refractivity contribution < 1.29 is 25.3 Å². The molecular weight excluding hydrogens is 885 g/mol. The zero-order chi connectivity index (χ0) is 50.0. The van der Waals surface area contributed by atoms with Gasteiger partial charge in [0.2, 0.25) is 0 Å². The topological polar surface area (TPSA) is 102 Å². The Balaban J connectivity index is 0.000000407. The third kappa shape index (κ3) is 36.6. The van der Waals surface area contributed by atoms with Gasteiger partial charge in [-0.25, -0.2) is 16.8 Å². The fourth-order valence-electron chi connectivity index (χ4n) is 9.56. The third-order valence-corrected chi connectivity index (χ3v) is 21.0. The van der Waals surface area contributed by atoms with Gasteiger partial charge in [-0.3, -0.25) is 8.42 Å². The van der Waals surface area contributed by atoms with Crippen molar-refractivity contribution in [3.63, 3.8) is 0 Å². The maximum absolute atomic E-state index is 11.6. The average Bonchev–Trinajstić information content (AvgIpc) is 3.51. The summed E-state index contributed by atoms with van der Waals surface area (Å²) in [7, 11) is -7.49. The van der Waals surface area contributed by atoms with Crippen LogP contribution in [0.3, 0.4) is 0 Å². The molecule has 0 amide bonds. The minimum absolute atomic E-state index is 0.339. The van der Waals surface area contributed by atoms with Gasteiger partial charge >= 0.3 is 0 Å². The van der Waals surface area contributed by atoms with E-state index >= 15 is 0 Å². The Morgan fingerprint density at radius 2 is 0.723 bits per heavy atom. The summed E-state index contributed by atoms with van der Waals surface area (Å²) in [6.45, 7) is 34.1. The molecule has 1 unspecified atom stereocenters. The largest absolute Gasteiger partial charge is 0.268 e. The van der Waals surface area contributed by atoms with Gasteiger partial charge < -0.3 is 0 Å². The molecule has 4 aliphatic heterocycles. The molecule has 5 aliphatic rings. The first kappa shape index (κ1) is 63.1. The van der Waals surface area contributed by atoms with Crippen LogP contribution in [0, 0.1) is 56.7 Å². The molecule has 0 aromatic heterocycles. The fraction of sp³-hybridized carbons (Fsp3) is 0.982. The summed E-state index contributed by atoms with van der Waals surface area (Å²) < 4.78 is 67.4. The molecular formula is C55H110O6S4. The van der Waals surface area contributed by atoms with Crippen LogP contribution in [0.2, 0.25) is 0 Å². The summed E-state index contributed by atoms with van der Waals surface area (Å²) in [6.07, 6.45) is 26.3. The molecule has 5 rings (SSSR count). The Kier molecular flexibility index (Phi) is 27.4. The first-order valence-electron chi connectivity index (χ1n) is 26.5. The van der Waals surface area contributed by atoms with E-state index < -0.39 is 40.0 Å². The highest BCUT2D eigenvalue weighted by atomic mass is 32.2. The molecule has 1 atom stereocenters. The molecule has 4 saturated heterocycles. The van der Waals surface area contributed by atoms with Crippen LogP contribution in [0.15, 0.2) is 0 Å². The highest BCUT2D eigenvalue weighted by molar-refractivity contribution is 8.00. The van der Waals surface area contributed by atoms with Crippen molar-refractivity contribution in [3.8, 4) is 0 Å². The van der Waals surface area contributed by atoms with Gasteiger partial charge in [0, 0.05) is 33.8 Å². The second kappa shape index (κ2) is 28.2. The van der Waals surface area contributed by atoms with Crippen molar-refractivity contribution in [2.24, 2.45) is 56.7 Å². The van der Waals surface area contributed by atoms with E-state index in [1.807, 2.05) is 0 Å². The number of rotatable bonds is 9. The lowest BCUT2D eigenvalue weighted by molar-refractivity contribution is 0.274. The molecule has 390 valence electrons. The summed E-state index contributed by atoms with van der Waals surface area (Å²) in [4.78, 5) is 0. The van der Waals surface area contributed by atoms with Crippen LogP contribution in [0.1, 0.15) is 239 Å². The van der Waals surface area contributed by atoms with Crippen LogP contribution in [0.25, 0.3) is 0 Å². The van der Waals surface area contributed by atoms with Crippen LogP contribution >= 0.6 is 0 Å². The average molecular weight is 996 g/mol. The van der Waals surface area contributed by atoms with Crippen molar-refractivity contribution in [2.75, 3.05) is 46.0 Å². The molecule has 0 aromatic carbocycles. The molecule has 4 heterocycles. The predicted molar refractivity (Wildman–Crippen MR) is 292 cm³/mol. The second-order valence-electron chi connectivity index (χ2n) is 27.6. The predicted octanol–water partition coefficient (Wildman–Crippen LogP) is 14.8. The Hall–Kier alpha value is 0.0700. The van der Waals surface area contributed by atoms with Gasteiger partial charge in [-0.1, -0.05) is 136 Å². The maximum atomic E-state index is 11.6. The molecule has 0 radical (unpaired) electrons. The molecule has 5 fully saturated rings. The van der Waals surface area contributed by atoms with Crippen molar-refractivity contribution in [3.05, 3.63) is 0 Å². The van der Waals surface area contributed by atoms with Crippen molar-refractivity contribution in [2.45, 2.75) is 239 Å². The molecule has 65 heavy (non-hydrogen) atoms. The van der Waals surface area contributed by atoms with Gasteiger partial charge in [0.1, 0.15) is 9.84 Å². The zero-order valence-electron chi connectivity index (χ0n) is 45.7. The standard InChI is InChI=1S/C12H24OS.C12H24.C11H22OS.2C10H20O2S/c1-12(2,3)8-5-11-6-9-14(4,13)10-7-11;1-12(2,3)10-9-11-7-5-4-6-8-11;1-11(2,3)7-4-10-5-8-13(12)9-6-10;1-10(2,3)8-9-4-6-13(11,12)7-5-9;1-10(2,3)6-4-9-5-7-13(11,12)8-9/h11H,4-10H2,1-3H3;11H,4-10H2,1-3H3;10H,4-9H2,1-3H3;2*9H,4-8H2,1-3H3. The lowest BCUT2D eigenvalue weighted by atomic mass is 9.81. The van der Waals surface area contributed by atoms with Crippen LogP contribution < -0.4 is 0 Å². The van der Waals surface area contributed by atoms with E-state index in [1.165, 1.54) is 83.5 Å². The monoisotopic (exact) mass is 995 g/mol. The molecule has 0 aromatic rings. The summed E-state index contributed by atoms with van der Waals surface area (Å²) in [5.41, 5.74) is 2.15. The van der Waals surface area contributed by atoms with Crippen molar-refractivity contribution in [1.29, 1.82) is 0 Å². The highest BCUT2D eigenvalue weighted by Gasteiger charge is 2.29. The summed E-state index contributed by atoms with van der Waals surface area (Å²) in [6, 6.07) is 0. The van der Waals surface area contributed by atoms with E-state index in [9.17, 15) is 25.3 Å². The van der Waals surface area contributed by atoms with Gasteiger partial charge in [-0.15, -0.1) is 0 Å². The minimum atomic E-state index is -2.67. The number of sulfone groups is 2. The molecule has 0 N–H and O–H groups in total. The van der Waals surface area contributed by atoms with E-state index in [2.05, 4.69) is 110 Å². The molecule has 6 nitrogen and oxygen atoms in total. The van der Waals surface area contributed by atoms with Gasteiger partial charge in [0.25, 0.3) is 0 Å². The van der Waals surface area contributed by atoms with Gasteiger partial charge in [-0.2, -0.15) is 0 Å². The second-order valence-corrected chi connectivity index (χ2v) is 36.6. The maximum Gasteiger partial charge on any atom is 0.150 e. The van der Waals surface area contributed by atoms with E-state index in [1.54, 1.807) is 0 Å². The third-order valence-electron chi connectivity index (χ3n) is 14.1. The molecule has 0 bridgehead atoms. The summed E-state index contributed by atoms with van der Waals surface area (Å²) >= 11 is 0. The van der Waals surface area contributed by atoms with Crippen molar-refractivity contribution in [1.82, 2.24) is 0 Å². The van der Waals surface area contributed by atoms with Crippen LogP contribution in [0.4, 0.5) is 0 Å². The highest BCUT2D eigenvalue weighted by Crippen LogP contribution is 2.34. The Bertz CT molecular complexity index is 1610. The normalized spacial score (nSPS) is 27.9. The molecule has 1 saturated carbocycles.